The Balaban J connectivity index is 0.000000182. The van der Waals surface area contributed by atoms with E-state index in [0.717, 1.165) is 110 Å². The zero-order valence-electron chi connectivity index (χ0n) is 64.2. The summed E-state index contributed by atoms with van der Waals surface area (Å²) < 4.78 is 82.1. The van der Waals surface area contributed by atoms with Gasteiger partial charge < -0.3 is 64.7 Å². The second-order valence-corrected chi connectivity index (χ2v) is 37.7. The fraction of sp³-hybridized carbons (Fsp3) is 0.429. The number of aliphatic hydroxyl groups excluding tert-OH is 1. The molecule has 4 aromatic heterocycles. The molecule has 7 N–H and O–H groups in total. The van der Waals surface area contributed by atoms with Crippen molar-refractivity contribution in [1.82, 2.24) is 49.3 Å². The lowest BCUT2D eigenvalue weighted by Gasteiger charge is -2.39. The van der Waals surface area contributed by atoms with Gasteiger partial charge in [-0.2, -0.15) is 28.6 Å². The van der Waals surface area contributed by atoms with Gasteiger partial charge in [0.25, 0.3) is 10.1 Å². The standard InChI is InChI=1S/C33H42BrN8O3P.C17H27N3O.C16H16BrClN5O2P.C7H8O3S.C4H10O/c1-22-16-28(30(45-3)18-29(22)41-14-12-40(13-15-41)23-8-6-7-9-23)38-33-35-20-26(34)32(39-33)37-27-11-10-24(17-31(27)46(4,5)43)42-21-25(44-2)19-36-42;1-13-11-15(18)17(21-2)12-16(13)20-9-7-19(8-10-20)14-5-3-4-6-14;1-25-11-7-20-23(9-11)10-4-5-13(14(6-10)26(2,3)24)21-15-12(17)8-19-16(18)22-15;1-6-2-4-7(5-3-6)11(8,9)10;1-2-3-4-5/h10-11,16-21,23H,6-9,12-15H2,1-5H3,(H2,35,37,38,39);11-12,14H,3-10,18H2,1-2H3;4-9H,1-3H3,(H,19,21,22);2-5H,1H3,(H,8,9,10);5H,2-4H2,1H3. The number of aryl methyl sites for hydroxylation is 3. The first-order valence-corrected chi connectivity index (χ1v) is 45.0. The number of benzene rings is 5. The molecule has 26 nitrogen and oxygen atoms in total. The van der Waals surface area contributed by atoms with Gasteiger partial charge in [-0.15, -0.1) is 0 Å². The Morgan fingerprint density at radius 2 is 1.03 bits per heavy atom. The lowest BCUT2D eigenvalue weighted by molar-refractivity contribution is 0.187. The molecule has 0 radical (unpaired) electrons. The Morgan fingerprint density at radius 1 is 0.578 bits per heavy atom. The molecule has 2 saturated heterocycles. The van der Waals surface area contributed by atoms with Crippen molar-refractivity contribution in [3.63, 3.8) is 0 Å². The molecular formula is C77H103Br2ClN16O10P2S. The molecule has 4 aliphatic rings. The summed E-state index contributed by atoms with van der Waals surface area (Å²) in [5.74, 6) is 4.23. The minimum atomic E-state index is -4.02. The van der Waals surface area contributed by atoms with Gasteiger partial charge in [0, 0.05) is 118 Å². The quantitative estimate of drug-likeness (QED) is 0.0168. The van der Waals surface area contributed by atoms with Gasteiger partial charge in [0.2, 0.25) is 11.2 Å². The molecule has 0 unspecified atom stereocenters. The van der Waals surface area contributed by atoms with Crippen molar-refractivity contribution in [3.05, 3.63) is 153 Å². The highest BCUT2D eigenvalue weighted by molar-refractivity contribution is 9.11. The first kappa shape index (κ1) is 85.2. The molecule has 32 heteroatoms. The van der Waals surface area contributed by atoms with Crippen LogP contribution in [0.4, 0.5) is 51.7 Å². The second kappa shape index (κ2) is 39.4. The van der Waals surface area contributed by atoms with Crippen LogP contribution in [0.1, 0.15) is 87.8 Å². The maximum atomic E-state index is 13.4. The van der Waals surface area contributed by atoms with Crippen LogP contribution in [0.3, 0.4) is 0 Å². The lowest BCUT2D eigenvalue weighted by Crippen LogP contribution is -2.49. The van der Waals surface area contributed by atoms with Crippen LogP contribution >= 0.6 is 57.7 Å². The fourth-order valence-corrected chi connectivity index (χ4v) is 16.9. The smallest absolute Gasteiger partial charge is 0.294 e. The number of aliphatic hydroxyl groups is 1. The first-order valence-electron chi connectivity index (χ1n) is 36.4. The summed E-state index contributed by atoms with van der Waals surface area (Å²) in [6.45, 7) is 24.2. The zero-order chi connectivity index (χ0) is 78.7. The minimum Gasteiger partial charge on any atom is -0.495 e. The Kier molecular flexibility index (Phi) is 30.8. The third-order valence-corrected chi connectivity index (χ3v) is 24.6. The number of nitrogens with two attached hydrogens (primary N) is 1. The van der Waals surface area contributed by atoms with E-state index >= 15 is 0 Å². The molecule has 0 atom stereocenters. The molecule has 2 aliphatic carbocycles. The van der Waals surface area contributed by atoms with E-state index in [-0.39, 0.29) is 10.2 Å². The van der Waals surface area contributed by atoms with E-state index < -0.39 is 24.4 Å². The number of ether oxygens (including phenoxy) is 4. The van der Waals surface area contributed by atoms with E-state index in [0.29, 0.717) is 66.6 Å². The average Bonchev–Trinajstić information content (AvgIpc) is 1.52. The molecule has 0 bridgehead atoms. The van der Waals surface area contributed by atoms with Crippen LogP contribution in [0, 0.1) is 20.8 Å². The number of hydrogen-bond acceptors (Lipinski definition) is 23. The molecule has 2 aliphatic heterocycles. The minimum absolute atomic E-state index is 0.0666. The number of rotatable bonds is 21. The summed E-state index contributed by atoms with van der Waals surface area (Å²) in [5.41, 5.74) is 16.2. The number of aromatic nitrogens is 8. The van der Waals surface area contributed by atoms with Gasteiger partial charge in [0.05, 0.1) is 101 Å². The van der Waals surface area contributed by atoms with Crippen LogP contribution in [0.25, 0.3) is 11.4 Å². The molecule has 5 aromatic carbocycles. The van der Waals surface area contributed by atoms with E-state index in [2.05, 4.69) is 132 Å². The molecule has 9 aromatic rings. The number of nitrogen functional groups attached to an aromatic ring is 1. The van der Waals surface area contributed by atoms with Gasteiger partial charge in [0.15, 0.2) is 11.5 Å². The molecule has 109 heavy (non-hydrogen) atoms. The topological polar surface area (TPSA) is 308 Å². The van der Waals surface area contributed by atoms with E-state index in [1.165, 1.54) is 93.5 Å². The van der Waals surface area contributed by atoms with Crippen molar-refractivity contribution < 1.29 is 46.2 Å². The number of methoxy groups -OCH3 is 4. The Labute approximate surface area is 663 Å². The Bertz CT molecular complexity index is 4710. The van der Waals surface area contributed by atoms with E-state index in [1.54, 1.807) is 114 Å². The highest BCUT2D eigenvalue weighted by atomic mass is 79.9. The number of anilines is 9. The van der Waals surface area contributed by atoms with Crippen LogP contribution in [0.2, 0.25) is 5.28 Å². The van der Waals surface area contributed by atoms with Gasteiger partial charge in [-0.25, -0.2) is 19.3 Å². The highest BCUT2D eigenvalue weighted by Gasteiger charge is 2.30. The van der Waals surface area contributed by atoms with Gasteiger partial charge in [0.1, 0.15) is 37.4 Å². The van der Waals surface area contributed by atoms with Crippen molar-refractivity contribution in [2.75, 3.05) is 146 Å². The van der Waals surface area contributed by atoms with Crippen molar-refractivity contribution in [1.29, 1.82) is 0 Å². The summed E-state index contributed by atoms with van der Waals surface area (Å²) >= 11 is 12.8. The van der Waals surface area contributed by atoms with E-state index in [1.807, 2.05) is 49.4 Å². The van der Waals surface area contributed by atoms with Crippen LogP contribution in [-0.2, 0) is 19.2 Å². The summed E-state index contributed by atoms with van der Waals surface area (Å²) in [7, 11) is -2.76. The molecule has 6 heterocycles. The summed E-state index contributed by atoms with van der Waals surface area (Å²) in [5, 5.41) is 28.1. The van der Waals surface area contributed by atoms with Crippen LogP contribution in [0.5, 0.6) is 23.0 Å². The third kappa shape index (κ3) is 23.6. The molecule has 0 spiro atoms. The number of unbranched alkanes of at least 4 members (excludes halogenated alkanes) is 1. The Morgan fingerprint density at radius 3 is 1.44 bits per heavy atom. The Hall–Kier alpha value is -7.82. The van der Waals surface area contributed by atoms with Gasteiger partial charge >= 0.3 is 0 Å². The van der Waals surface area contributed by atoms with E-state index in [4.69, 9.17) is 50.9 Å². The monoisotopic (exact) mass is 1700 g/mol. The highest BCUT2D eigenvalue weighted by Crippen LogP contribution is 2.43. The number of piperazine rings is 2. The molecule has 4 fully saturated rings. The van der Waals surface area contributed by atoms with E-state index in [9.17, 15) is 17.5 Å². The number of nitrogens with one attached hydrogen (secondary N) is 3. The number of hydrogen-bond donors (Lipinski definition) is 6. The van der Waals surface area contributed by atoms with Crippen molar-refractivity contribution in [2.45, 2.75) is 109 Å². The van der Waals surface area contributed by atoms with Crippen LogP contribution in [-0.4, -0.2) is 194 Å². The number of nitrogens with zero attached hydrogens (tertiary/aromatic N) is 12. The second-order valence-electron chi connectivity index (χ2n) is 27.9. The van der Waals surface area contributed by atoms with Crippen molar-refractivity contribution >= 4 is 130 Å². The third-order valence-electron chi connectivity index (χ3n) is 19.3. The van der Waals surface area contributed by atoms with Gasteiger partial charge in [-0.05, 0) is 195 Å². The maximum Gasteiger partial charge on any atom is 0.294 e. The summed E-state index contributed by atoms with van der Waals surface area (Å²) in [6.07, 6.45) is 23.1. The molecule has 588 valence electrons. The zero-order valence-corrected chi connectivity index (χ0v) is 70.7. The SMILES string of the molecule is CCCCO.COc1cc(N2CCN(C3CCCC3)CC2)c(C)cc1N.COc1cnn(-c2ccc(Nc3nc(Cl)ncc3Br)c(P(C)(C)=O)c2)c1.COc1cnn(-c2ccc(Nc3nc(Nc4cc(C)c(N5CCN(C6CCCC6)CC5)cc4OC)ncc3Br)c(P(C)(C)=O)c2)c1.Cc1ccc(S(=O)(=O)O)cc1. The molecule has 2 saturated carbocycles. The normalized spacial score (nSPS) is 15.1. The number of halogens is 3. The largest absolute Gasteiger partial charge is 0.495 e. The average molecular weight is 1700 g/mol. The predicted octanol–water partition coefficient (Wildman–Crippen LogP) is 15.3. The summed E-state index contributed by atoms with van der Waals surface area (Å²) in [4.78, 5) is 27.6. The predicted molar refractivity (Wildman–Crippen MR) is 448 cm³/mol. The molecule has 0 amide bonds. The lowest BCUT2D eigenvalue weighted by atomic mass is 10.1. The van der Waals surface area contributed by atoms with Crippen LogP contribution in [0.15, 0.2) is 136 Å². The molecule has 13 rings (SSSR count). The van der Waals surface area contributed by atoms with Crippen molar-refractivity contribution in [2.24, 2.45) is 0 Å². The van der Waals surface area contributed by atoms with Gasteiger partial charge in [-0.1, -0.05) is 56.7 Å². The maximum absolute atomic E-state index is 13.4. The van der Waals surface area contributed by atoms with Gasteiger partial charge in [-0.3, -0.25) is 14.4 Å². The molecular weight excluding hydrogens is 1600 g/mol. The summed E-state index contributed by atoms with van der Waals surface area (Å²) in [6, 6.07) is 27.1. The first-order chi connectivity index (χ1) is 52.0. The fourth-order valence-electron chi connectivity index (χ4n) is 13.4. The van der Waals surface area contributed by atoms with Crippen LogP contribution < -0.4 is 61.0 Å². The van der Waals surface area contributed by atoms with Crippen molar-refractivity contribution in [3.8, 4) is 34.4 Å².